The smallest absolute Gasteiger partial charge is 0.124 e. The topological polar surface area (TPSA) is 17.8 Å². The Labute approximate surface area is 88.5 Å². The van der Waals surface area contributed by atoms with Gasteiger partial charge in [0.25, 0.3) is 0 Å². The lowest BCUT2D eigenvalue weighted by molar-refractivity contribution is 0.233. The third kappa shape index (κ3) is 3.14. The molecule has 0 radical (unpaired) electrons. The molecule has 0 fully saturated rings. The first-order chi connectivity index (χ1) is 5.89. The molecule has 0 aliphatic carbocycles. The number of hydrogen-bond acceptors (Lipinski definition) is 1. The number of hydrogen-bond donors (Lipinski definition) is 0. The molecule has 0 amide bonds. The SMILES string of the molecule is CC(Cn1cnc(Br)c1)C(C)(C)C. The molecule has 0 bridgehead atoms. The summed E-state index contributed by atoms with van der Waals surface area (Å²) in [4.78, 5) is 4.13. The second-order valence-electron chi connectivity index (χ2n) is 4.66. The molecule has 0 N–H and O–H groups in total. The van der Waals surface area contributed by atoms with E-state index in [4.69, 9.17) is 0 Å². The van der Waals surface area contributed by atoms with Gasteiger partial charge in [-0.1, -0.05) is 27.7 Å². The first-order valence-corrected chi connectivity index (χ1v) is 5.36. The highest BCUT2D eigenvalue weighted by atomic mass is 79.9. The van der Waals surface area contributed by atoms with Crippen LogP contribution < -0.4 is 0 Å². The standard InChI is InChI=1S/C10H17BrN2/c1-8(10(2,3)4)5-13-6-9(11)12-7-13/h6-8H,5H2,1-4H3. The maximum Gasteiger partial charge on any atom is 0.124 e. The van der Waals surface area contributed by atoms with Gasteiger partial charge in [0.1, 0.15) is 4.60 Å². The van der Waals surface area contributed by atoms with Gasteiger partial charge in [-0.05, 0) is 27.3 Å². The second-order valence-corrected chi connectivity index (χ2v) is 5.47. The number of rotatable bonds is 2. The van der Waals surface area contributed by atoms with Crippen molar-refractivity contribution in [1.82, 2.24) is 9.55 Å². The first-order valence-electron chi connectivity index (χ1n) is 4.57. The molecule has 74 valence electrons. The molecular weight excluding hydrogens is 228 g/mol. The molecule has 3 heteroatoms. The van der Waals surface area contributed by atoms with Gasteiger partial charge >= 0.3 is 0 Å². The molecule has 0 aromatic carbocycles. The summed E-state index contributed by atoms with van der Waals surface area (Å²) in [6.07, 6.45) is 3.88. The Hall–Kier alpha value is -0.310. The fraction of sp³-hybridized carbons (Fsp3) is 0.700. The Kier molecular flexibility index (Phi) is 3.17. The molecule has 13 heavy (non-hydrogen) atoms. The van der Waals surface area contributed by atoms with Crippen LogP contribution in [0.1, 0.15) is 27.7 Å². The lowest BCUT2D eigenvalue weighted by atomic mass is 9.82. The predicted molar refractivity (Wildman–Crippen MR) is 58.5 cm³/mol. The van der Waals surface area contributed by atoms with Gasteiger partial charge < -0.3 is 4.57 Å². The van der Waals surface area contributed by atoms with Crippen LogP contribution in [0.25, 0.3) is 0 Å². The van der Waals surface area contributed by atoms with Crippen LogP contribution in [-0.4, -0.2) is 9.55 Å². The van der Waals surface area contributed by atoms with Crippen molar-refractivity contribution in [3.8, 4) is 0 Å². The van der Waals surface area contributed by atoms with Gasteiger partial charge in [0.15, 0.2) is 0 Å². The Morgan fingerprint density at radius 2 is 2.15 bits per heavy atom. The van der Waals surface area contributed by atoms with Crippen molar-refractivity contribution in [2.75, 3.05) is 0 Å². The van der Waals surface area contributed by atoms with Gasteiger partial charge in [-0.3, -0.25) is 0 Å². The Balaban J connectivity index is 2.60. The van der Waals surface area contributed by atoms with Crippen molar-refractivity contribution in [2.45, 2.75) is 34.2 Å². The number of halogens is 1. The summed E-state index contributed by atoms with van der Waals surface area (Å²) >= 11 is 3.34. The molecule has 1 aromatic rings. The molecule has 0 spiro atoms. The van der Waals surface area contributed by atoms with E-state index >= 15 is 0 Å². The molecule has 2 nitrogen and oxygen atoms in total. The van der Waals surface area contributed by atoms with Crippen molar-refractivity contribution in [3.05, 3.63) is 17.1 Å². The molecule has 0 saturated carbocycles. The minimum atomic E-state index is 0.358. The Bertz CT molecular complexity index is 273. The summed E-state index contributed by atoms with van der Waals surface area (Å²) in [6.45, 7) is 10.1. The van der Waals surface area contributed by atoms with Crippen LogP contribution in [-0.2, 0) is 6.54 Å². The van der Waals surface area contributed by atoms with E-state index in [1.165, 1.54) is 0 Å². The average Bonchev–Trinajstić information content (AvgIpc) is 2.33. The van der Waals surface area contributed by atoms with Gasteiger partial charge in [0.05, 0.1) is 6.33 Å². The zero-order valence-corrected chi connectivity index (χ0v) is 10.3. The van der Waals surface area contributed by atoms with Crippen LogP contribution in [0.2, 0.25) is 0 Å². The van der Waals surface area contributed by atoms with Crippen molar-refractivity contribution < 1.29 is 0 Å². The molecule has 1 aromatic heterocycles. The summed E-state index contributed by atoms with van der Waals surface area (Å²) in [5.74, 6) is 0.647. The molecule has 1 heterocycles. The average molecular weight is 245 g/mol. The minimum Gasteiger partial charge on any atom is -0.336 e. The quantitative estimate of drug-likeness (QED) is 0.781. The second kappa shape index (κ2) is 3.82. The maximum absolute atomic E-state index is 4.13. The van der Waals surface area contributed by atoms with Crippen molar-refractivity contribution in [3.63, 3.8) is 0 Å². The van der Waals surface area contributed by atoms with E-state index in [2.05, 4.69) is 53.2 Å². The molecule has 1 rings (SSSR count). The fourth-order valence-electron chi connectivity index (χ4n) is 1.02. The molecular formula is C10H17BrN2. The summed E-state index contributed by atoms with van der Waals surface area (Å²) < 4.78 is 3.04. The predicted octanol–water partition coefficient (Wildman–Crippen LogP) is 3.33. The molecule has 1 atom stereocenters. The van der Waals surface area contributed by atoms with Crippen LogP contribution in [0.15, 0.2) is 17.1 Å². The summed E-state index contributed by atoms with van der Waals surface area (Å²) in [6, 6.07) is 0. The van der Waals surface area contributed by atoms with Gasteiger partial charge in [0, 0.05) is 12.7 Å². The van der Waals surface area contributed by atoms with Crippen molar-refractivity contribution >= 4 is 15.9 Å². The van der Waals surface area contributed by atoms with Crippen LogP contribution in [0.5, 0.6) is 0 Å². The molecule has 0 aliphatic heterocycles. The highest BCUT2D eigenvalue weighted by molar-refractivity contribution is 9.10. The van der Waals surface area contributed by atoms with E-state index in [-0.39, 0.29) is 0 Å². The van der Waals surface area contributed by atoms with E-state index in [1.807, 2.05) is 12.5 Å². The van der Waals surface area contributed by atoms with E-state index < -0.39 is 0 Å². The van der Waals surface area contributed by atoms with Crippen molar-refractivity contribution in [1.29, 1.82) is 0 Å². The van der Waals surface area contributed by atoms with Gasteiger partial charge in [-0.2, -0.15) is 0 Å². The van der Waals surface area contributed by atoms with Crippen LogP contribution in [0.3, 0.4) is 0 Å². The van der Waals surface area contributed by atoms with E-state index in [9.17, 15) is 0 Å². The lowest BCUT2D eigenvalue weighted by Crippen LogP contribution is -2.21. The highest BCUT2D eigenvalue weighted by Gasteiger charge is 2.19. The highest BCUT2D eigenvalue weighted by Crippen LogP contribution is 2.26. The third-order valence-corrected chi connectivity index (χ3v) is 2.97. The van der Waals surface area contributed by atoms with Gasteiger partial charge in [-0.15, -0.1) is 0 Å². The lowest BCUT2D eigenvalue weighted by Gasteiger charge is -2.27. The summed E-state index contributed by atoms with van der Waals surface area (Å²) in [5.41, 5.74) is 0.358. The van der Waals surface area contributed by atoms with Crippen LogP contribution >= 0.6 is 15.9 Å². The molecule has 0 aliphatic rings. The fourth-order valence-corrected chi connectivity index (χ4v) is 1.38. The normalized spacial score (nSPS) is 14.5. The van der Waals surface area contributed by atoms with E-state index in [0.717, 1.165) is 11.1 Å². The first kappa shape index (κ1) is 10.8. The maximum atomic E-state index is 4.13. The van der Waals surface area contributed by atoms with Gasteiger partial charge in [0.2, 0.25) is 0 Å². The molecule has 0 saturated heterocycles. The monoisotopic (exact) mass is 244 g/mol. The zero-order valence-electron chi connectivity index (χ0n) is 8.71. The summed E-state index contributed by atoms with van der Waals surface area (Å²) in [7, 11) is 0. The van der Waals surface area contributed by atoms with E-state index in [1.54, 1.807) is 0 Å². The third-order valence-electron chi connectivity index (χ3n) is 2.56. The Morgan fingerprint density at radius 3 is 2.54 bits per heavy atom. The molecule has 1 unspecified atom stereocenters. The number of imidazole rings is 1. The van der Waals surface area contributed by atoms with Gasteiger partial charge in [-0.25, -0.2) is 4.98 Å². The zero-order chi connectivity index (χ0) is 10.1. The Morgan fingerprint density at radius 1 is 1.54 bits per heavy atom. The number of aromatic nitrogens is 2. The van der Waals surface area contributed by atoms with E-state index in [0.29, 0.717) is 11.3 Å². The summed E-state index contributed by atoms with van der Waals surface area (Å²) in [5, 5.41) is 0. The largest absolute Gasteiger partial charge is 0.336 e. The van der Waals surface area contributed by atoms with Crippen molar-refractivity contribution in [2.24, 2.45) is 11.3 Å². The van der Waals surface area contributed by atoms with Crippen LogP contribution in [0, 0.1) is 11.3 Å². The minimum absolute atomic E-state index is 0.358. The van der Waals surface area contributed by atoms with Crippen LogP contribution in [0.4, 0.5) is 0 Å². The number of nitrogens with zero attached hydrogens (tertiary/aromatic N) is 2.